The summed E-state index contributed by atoms with van der Waals surface area (Å²) in [5.41, 5.74) is 1.00. The largest absolute Gasteiger partial charge is 0.495 e. The highest BCUT2D eigenvalue weighted by Crippen LogP contribution is 2.32. The number of ether oxygens (including phenoxy) is 1. The average molecular weight is 266 g/mol. The number of benzene rings is 1. The summed E-state index contributed by atoms with van der Waals surface area (Å²) in [5.74, 6) is 1.35. The summed E-state index contributed by atoms with van der Waals surface area (Å²) in [7, 11) is 1.60. The lowest BCUT2D eigenvalue weighted by Gasteiger charge is -2.11. The maximum Gasteiger partial charge on any atom is 0.140 e. The summed E-state index contributed by atoms with van der Waals surface area (Å²) in [6.45, 7) is 0.816. The van der Waals surface area contributed by atoms with Crippen molar-refractivity contribution in [3.63, 3.8) is 0 Å². The van der Waals surface area contributed by atoms with Crippen LogP contribution in [-0.4, -0.2) is 19.5 Å². The molecule has 0 unspecified atom stereocenters. The van der Waals surface area contributed by atoms with Crippen LogP contribution in [-0.2, 0) is 6.42 Å². The number of nitrogens with one attached hydrogen (secondary N) is 1. The van der Waals surface area contributed by atoms with Gasteiger partial charge in [-0.25, -0.2) is 0 Å². The van der Waals surface area contributed by atoms with E-state index in [1.54, 1.807) is 13.2 Å². The van der Waals surface area contributed by atoms with E-state index in [2.05, 4.69) is 17.9 Å². The monoisotopic (exact) mass is 265 g/mol. The molecule has 0 aliphatic carbocycles. The Balaban J connectivity index is 2.84. The molecule has 0 saturated heterocycles. The first kappa shape index (κ1) is 13.0. The van der Waals surface area contributed by atoms with E-state index in [4.69, 9.17) is 27.9 Å². The molecule has 1 rings (SSSR count). The number of halogens is 2. The average Bonchev–Trinajstić information content (AvgIpc) is 2.17. The minimum absolute atomic E-state index is 0.547. The molecule has 0 aromatic heterocycles. The first-order chi connectivity index (χ1) is 7.19. The van der Waals surface area contributed by atoms with Crippen molar-refractivity contribution in [2.24, 2.45) is 0 Å². The third-order valence-electron chi connectivity index (χ3n) is 1.97. The zero-order valence-electron chi connectivity index (χ0n) is 8.39. The number of methoxy groups -OCH3 is 1. The van der Waals surface area contributed by atoms with Gasteiger partial charge in [-0.3, -0.25) is 0 Å². The maximum atomic E-state index is 6.00. The van der Waals surface area contributed by atoms with Crippen LogP contribution in [0.15, 0.2) is 12.1 Å². The molecule has 5 heteroatoms. The van der Waals surface area contributed by atoms with E-state index in [1.807, 2.05) is 6.07 Å². The van der Waals surface area contributed by atoms with Gasteiger partial charge in [0.2, 0.25) is 0 Å². The van der Waals surface area contributed by atoms with Gasteiger partial charge in [-0.1, -0.05) is 23.2 Å². The normalized spacial score (nSPS) is 10.4. The minimum atomic E-state index is 0.547. The number of rotatable bonds is 5. The Morgan fingerprint density at radius 3 is 2.73 bits per heavy atom. The second-order valence-corrected chi connectivity index (χ2v) is 4.15. The van der Waals surface area contributed by atoms with E-state index < -0.39 is 0 Å². The van der Waals surface area contributed by atoms with E-state index in [0.29, 0.717) is 21.7 Å². The topological polar surface area (TPSA) is 21.3 Å². The van der Waals surface area contributed by atoms with Crippen molar-refractivity contribution < 1.29 is 4.74 Å². The Kier molecular flexibility index (Phi) is 5.61. The van der Waals surface area contributed by atoms with Gasteiger partial charge in [0.25, 0.3) is 0 Å². The van der Waals surface area contributed by atoms with Gasteiger partial charge in [-0.15, -0.1) is 0 Å². The summed E-state index contributed by atoms with van der Waals surface area (Å²) in [4.78, 5) is 0. The summed E-state index contributed by atoms with van der Waals surface area (Å²) < 4.78 is 5.22. The number of hydrogen-bond acceptors (Lipinski definition) is 3. The van der Waals surface area contributed by atoms with Gasteiger partial charge in [0.1, 0.15) is 5.75 Å². The van der Waals surface area contributed by atoms with Gasteiger partial charge in [-0.05, 0) is 24.1 Å². The van der Waals surface area contributed by atoms with Crippen LogP contribution in [0, 0.1) is 0 Å². The summed E-state index contributed by atoms with van der Waals surface area (Å²) in [6.07, 6.45) is 0.810. The molecule has 2 nitrogen and oxygen atoms in total. The van der Waals surface area contributed by atoms with Gasteiger partial charge in [0.15, 0.2) is 0 Å². The van der Waals surface area contributed by atoms with Crippen molar-refractivity contribution in [3.05, 3.63) is 27.7 Å². The smallest absolute Gasteiger partial charge is 0.140 e. The van der Waals surface area contributed by atoms with Crippen LogP contribution in [0.5, 0.6) is 5.75 Å². The van der Waals surface area contributed by atoms with Crippen molar-refractivity contribution in [1.29, 1.82) is 0 Å². The lowest BCUT2D eigenvalue weighted by atomic mass is 10.1. The summed E-state index contributed by atoms with van der Waals surface area (Å²) in [6, 6.07) is 3.55. The van der Waals surface area contributed by atoms with Crippen molar-refractivity contribution in [2.45, 2.75) is 6.42 Å². The Labute approximate surface area is 105 Å². The fraction of sp³-hybridized carbons (Fsp3) is 0.400. The van der Waals surface area contributed by atoms with E-state index in [9.17, 15) is 0 Å². The molecule has 0 aliphatic rings. The van der Waals surface area contributed by atoms with E-state index in [0.717, 1.165) is 18.5 Å². The van der Waals surface area contributed by atoms with Crippen LogP contribution >= 0.6 is 35.8 Å². The predicted octanol–water partition coefficient (Wildman–Crippen LogP) is 3.02. The molecular formula is C10H13Cl2NOS. The standard InChI is InChI=1S/C10H13Cl2NOS/c1-14-10-7(2-3-13-6-15)4-8(11)5-9(10)12/h4-5,13,15H,2-3,6H2,1H3. The first-order valence-electron chi connectivity index (χ1n) is 4.52. The van der Waals surface area contributed by atoms with Gasteiger partial charge >= 0.3 is 0 Å². The van der Waals surface area contributed by atoms with Crippen LogP contribution in [0.25, 0.3) is 0 Å². The second kappa shape index (κ2) is 6.48. The zero-order chi connectivity index (χ0) is 11.3. The van der Waals surface area contributed by atoms with Gasteiger partial charge in [0.05, 0.1) is 12.1 Å². The molecule has 0 radical (unpaired) electrons. The van der Waals surface area contributed by atoms with Gasteiger partial charge < -0.3 is 10.1 Å². The molecule has 0 amide bonds. The molecule has 15 heavy (non-hydrogen) atoms. The van der Waals surface area contributed by atoms with Crippen molar-refractivity contribution in [1.82, 2.24) is 5.32 Å². The lowest BCUT2D eigenvalue weighted by Crippen LogP contribution is -2.15. The number of thiol groups is 1. The van der Waals surface area contributed by atoms with E-state index in [-0.39, 0.29) is 0 Å². The number of hydrogen-bond donors (Lipinski definition) is 2. The molecule has 1 N–H and O–H groups in total. The maximum absolute atomic E-state index is 6.00. The lowest BCUT2D eigenvalue weighted by molar-refractivity contribution is 0.409. The second-order valence-electron chi connectivity index (χ2n) is 2.99. The Hall–Kier alpha value is -0.0900. The highest BCUT2D eigenvalue weighted by Gasteiger charge is 2.08. The molecule has 1 aromatic rings. The summed E-state index contributed by atoms with van der Waals surface area (Å²) >= 11 is 16.0. The molecule has 0 heterocycles. The summed E-state index contributed by atoms with van der Waals surface area (Å²) in [5, 5.41) is 4.28. The van der Waals surface area contributed by atoms with Crippen LogP contribution in [0.4, 0.5) is 0 Å². The molecule has 0 atom stereocenters. The third kappa shape index (κ3) is 3.76. The highest BCUT2D eigenvalue weighted by atomic mass is 35.5. The molecule has 0 saturated carbocycles. The Morgan fingerprint density at radius 1 is 1.40 bits per heavy atom. The SMILES string of the molecule is COc1c(Cl)cc(Cl)cc1CCNCS. The fourth-order valence-electron chi connectivity index (χ4n) is 1.33. The quantitative estimate of drug-likeness (QED) is 0.485. The molecule has 0 spiro atoms. The van der Waals surface area contributed by atoms with Gasteiger partial charge in [0, 0.05) is 17.4 Å². The molecule has 1 aromatic carbocycles. The highest BCUT2D eigenvalue weighted by molar-refractivity contribution is 7.80. The van der Waals surface area contributed by atoms with E-state index >= 15 is 0 Å². The molecule has 0 fully saturated rings. The predicted molar refractivity (Wildman–Crippen MR) is 68.6 cm³/mol. The first-order valence-corrected chi connectivity index (χ1v) is 5.91. The minimum Gasteiger partial charge on any atom is -0.495 e. The van der Waals surface area contributed by atoms with Crippen LogP contribution in [0.3, 0.4) is 0 Å². The molecule has 84 valence electrons. The van der Waals surface area contributed by atoms with Crippen LogP contribution < -0.4 is 10.1 Å². The van der Waals surface area contributed by atoms with Gasteiger partial charge in [-0.2, -0.15) is 12.6 Å². The van der Waals surface area contributed by atoms with Crippen molar-refractivity contribution >= 4 is 35.8 Å². The Morgan fingerprint density at radius 2 is 2.13 bits per heavy atom. The molecule has 0 bridgehead atoms. The van der Waals surface area contributed by atoms with Crippen LogP contribution in [0.1, 0.15) is 5.56 Å². The Bertz CT molecular complexity index is 333. The van der Waals surface area contributed by atoms with Crippen molar-refractivity contribution in [3.8, 4) is 5.75 Å². The van der Waals surface area contributed by atoms with E-state index in [1.165, 1.54) is 0 Å². The van der Waals surface area contributed by atoms with Crippen molar-refractivity contribution in [2.75, 3.05) is 19.5 Å². The zero-order valence-corrected chi connectivity index (χ0v) is 10.8. The molecule has 0 aliphatic heterocycles. The fourth-order valence-corrected chi connectivity index (χ4v) is 2.10. The molecular weight excluding hydrogens is 253 g/mol. The van der Waals surface area contributed by atoms with Crippen LogP contribution in [0.2, 0.25) is 10.0 Å². The third-order valence-corrected chi connectivity index (χ3v) is 2.69.